The molecule has 1 heterocycles. The summed E-state index contributed by atoms with van der Waals surface area (Å²) in [6.07, 6.45) is 2.90. The first-order chi connectivity index (χ1) is 12.0. The molecule has 1 unspecified atom stereocenters. The van der Waals surface area contributed by atoms with Crippen LogP contribution in [0.15, 0.2) is 23.3 Å². The Hall–Kier alpha value is -3.01. The van der Waals surface area contributed by atoms with Crippen LogP contribution in [0.1, 0.15) is 18.4 Å². The number of hydrazone groups is 1. The lowest BCUT2D eigenvalue weighted by Crippen LogP contribution is -2.41. The summed E-state index contributed by atoms with van der Waals surface area (Å²) in [4.78, 5) is 33.6. The molecule has 0 aromatic heterocycles. The number of hydrogen-bond donors (Lipinski definition) is 2. The molecule has 1 fully saturated rings. The molecule has 134 valence electrons. The molecular weight excluding hydrogens is 332 g/mol. The van der Waals surface area contributed by atoms with Crippen molar-refractivity contribution >= 4 is 23.7 Å². The van der Waals surface area contributed by atoms with E-state index >= 15 is 0 Å². The topological polar surface area (TPSA) is 132 Å². The summed E-state index contributed by atoms with van der Waals surface area (Å²) in [7, 11) is 1.32. The maximum absolute atomic E-state index is 11.6. The SMILES string of the molecule is COc1ccc(C=NNC(=O)C(=O)NCC2CCCO2)cc1[N+](=O)[O-]. The molecule has 0 saturated carbocycles. The maximum atomic E-state index is 11.6. The lowest BCUT2D eigenvalue weighted by atomic mass is 10.2. The second kappa shape index (κ2) is 8.73. The van der Waals surface area contributed by atoms with Crippen LogP contribution in [0.3, 0.4) is 0 Å². The molecule has 0 bridgehead atoms. The lowest BCUT2D eigenvalue weighted by Gasteiger charge is -2.09. The van der Waals surface area contributed by atoms with Gasteiger partial charge in [-0.1, -0.05) is 0 Å². The zero-order chi connectivity index (χ0) is 18.2. The van der Waals surface area contributed by atoms with Crippen molar-refractivity contribution in [2.45, 2.75) is 18.9 Å². The van der Waals surface area contributed by atoms with Crippen molar-refractivity contribution in [2.75, 3.05) is 20.3 Å². The minimum absolute atomic E-state index is 0.0694. The quantitative estimate of drug-likeness (QED) is 0.329. The van der Waals surface area contributed by atoms with Gasteiger partial charge in [0, 0.05) is 24.8 Å². The van der Waals surface area contributed by atoms with E-state index in [1.165, 1.54) is 31.5 Å². The van der Waals surface area contributed by atoms with Crippen molar-refractivity contribution in [3.63, 3.8) is 0 Å². The number of benzene rings is 1. The van der Waals surface area contributed by atoms with Gasteiger partial charge in [-0.3, -0.25) is 19.7 Å². The Balaban J connectivity index is 1.86. The number of nitrogens with zero attached hydrogens (tertiary/aromatic N) is 2. The molecule has 2 rings (SSSR count). The van der Waals surface area contributed by atoms with Gasteiger partial charge >= 0.3 is 17.5 Å². The van der Waals surface area contributed by atoms with E-state index in [-0.39, 0.29) is 24.1 Å². The fourth-order valence-corrected chi connectivity index (χ4v) is 2.24. The van der Waals surface area contributed by atoms with Crippen LogP contribution in [0.2, 0.25) is 0 Å². The van der Waals surface area contributed by atoms with Crippen LogP contribution in [0, 0.1) is 10.1 Å². The van der Waals surface area contributed by atoms with Crippen LogP contribution in [0.25, 0.3) is 0 Å². The van der Waals surface area contributed by atoms with Crippen molar-refractivity contribution in [1.82, 2.24) is 10.7 Å². The Labute approximate surface area is 143 Å². The average Bonchev–Trinajstić information content (AvgIpc) is 3.12. The van der Waals surface area contributed by atoms with Crippen LogP contribution < -0.4 is 15.5 Å². The van der Waals surface area contributed by atoms with Gasteiger partial charge in [0.2, 0.25) is 0 Å². The molecule has 0 radical (unpaired) electrons. The predicted octanol–water partition coefficient (Wildman–Crippen LogP) is 0.349. The molecule has 1 aromatic rings. The average molecular weight is 350 g/mol. The van der Waals surface area contributed by atoms with Gasteiger partial charge in [0.05, 0.1) is 24.4 Å². The van der Waals surface area contributed by atoms with E-state index in [1.54, 1.807) is 0 Å². The molecule has 1 saturated heterocycles. The van der Waals surface area contributed by atoms with Crippen LogP contribution in [-0.2, 0) is 14.3 Å². The zero-order valence-corrected chi connectivity index (χ0v) is 13.6. The summed E-state index contributed by atoms with van der Waals surface area (Å²) in [5.74, 6) is -1.65. The molecular formula is C15H18N4O6. The normalized spacial score (nSPS) is 16.6. The Morgan fingerprint density at radius 3 is 2.92 bits per heavy atom. The number of carbonyl (C=O) groups is 2. The minimum Gasteiger partial charge on any atom is -0.490 e. The summed E-state index contributed by atoms with van der Waals surface area (Å²) in [6.45, 7) is 0.922. The zero-order valence-electron chi connectivity index (χ0n) is 13.6. The summed E-state index contributed by atoms with van der Waals surface area (Å²) >= 11 is 0. The number of carbonyl (C=O) groups excluding carboxylic acids is 2. The third kappa shape index (κ3) is 5.24. The summed E-state index contributed by atoms with van der Waals surface area (Å²) in [5.41, 5.74) is 2.20. The van der Waals surface area contributed by atoms with Crippen LogP contribution in [0.4, 0.5) is 5.69 Å². The number of nitro benzene ring substituents is 1. The second-order valence-electron chi connectivity index (χ2n) is 5.23. The van der Waals surface area contributed by atoms with Crippen LogP contribution in [0.5, 0.6) is 5.75 Å². The van der Waals surface area contributed by atoms with Crippen molar-refractivity contribution < 1.29 is 24.0 Å². The largest absolute Gasteiger partial charge is 0.490 e. The smallest absolute Gasteiger partial charge is 0.329 e. The number of nitro groups is 1. The molecule has 2 N–H and O–H groups in total. The highest BCUT2D eigenvalue weighted by atomic mass is 16.6. The van der Waals surface area contributed by atoms with Gasteiger partial charge in [-0.05, 0) is 25.0 Å². The van der Waals surface area contributed by atoms with Gasteiger partial charge in [0.1, 0.15) is 0 Å². The molecule has 0 spiro atoms. The van der Waals surface area contributed by atoms with E-state index in [2.05, 4.69) is 15.8 Å². The Bertz CT molecular complexity index is 685. The fraction of sp³-hybridized carbons (Fsp3) is 0.400. The Morgan fingerprint density at radius 2 is 2.28 bits per heavy atom. The number of hydrogen-bond acceptors (Lipinski definition) is 7. The summed E-state index contributed by atoms with van der Waals surface area (Å²) in [6, 6.07) is 4.18. The van der Waals surface area contributed by atoms with Gasteiger partial charge in [-0.25, -0.2) is 5.43 Å². The predicted molar refractivity (Wildman–Crippen MR) is 87.4 cm³/mol. The van der Waals surface area contributed by atoms with Gasteiger partial charge in [-0.15, -0.1) is 0 Å². The van der Waals surface area contributed by atoms with Gasteiger partial charge in [0.15, 0.2) is 5.75 Å². The number of ether oxygens (including phenoxy) is 2. The van der Waals surface area contributed by atoms with E-state index in [4.69, 9.17) is 9.47 Å². The molecule has 25 heavy (non-hydrogen) atoms. The van der Waals surface area contributed by atoms with E-state index in [9.17, 15) is 19.7 Å². The van der Waals surface area contributed by atoms with Crippen LogP contribution in [-0.4, -0.2) is 49.3 Å². The summed E-state index contributed by atoms with van der Waals surface area (Å²) < 4.78 is 10.2. The molecule has 1 aliphatic heterocycles. The fourth-order valence-electron chi connectivity index (χ4n) is 2.24. The van der Waals surface area contributed by atoms with E-state index < -0.39 is 16.7 Å². The number of nitrogens with one attached hydrogen (secondary N) is 2. The Kier molecular flexibility index (Phi) is 6.40. The molecule has 0 aliphatic carbocycles. The van der Waals surface area contributed by atoms with Gasteiger partial charge in [-0.2, -0.15) is 5.10 Å². The molecule has 10 nitrogen and oxygen atoms in total. The van der Waals surface area contributed by atoms with E-state index in [0.717, 1.165) is 12.8 Å². The molecule has 1 atom stereocenters. The number of methoxy groups -OCH3 is 1. The van der Waals surface area contributed by atoms with Crippen molar-refractivity contribution in [1.29, 1.82) is 0 Å². The first-order valence-corrected chi connectivity index (χ1v) is 7.56. The third-order valence-corrected chi connectivity index (χ3v) is 3.50. The third-order valence-electron chi connectivity index (χ3n) is 3.50. The maximum Gasteiger partial charge on any atom is 0.329 e. The molecule has 2 amide bonds. The first kappa shape index (κ1) is 18.3. The van der Waals surface area contributed by atoms with E-state index in [1.807, 2.05) is 0 Å². The molecule has 10 heteroatoms. The highest BCUT2D eigenvalue weighted by Gasteiger charge is 2.19. The number of rotatable bonds is 6. The lowest BCUT2D eigenvalue weighted by molar-refractivity contribution is -0.385. The van der Waals surface area contributed by atoms with Gasteiger partial charge < -0.3 is 14.8 Å². The Morgan fingerprint density at radius 1 is 1.48 bits per heavy atom. The monoisotopic (exact) mass is 350 g/mol. The molecule has 1 aromatic carbocycles. The minimum atomic E-state index is -0.933. The van der Waals surface area contributed by atoms with Crippen molar-refractivity contribution in [3.05, 3.63) is 33.9 Å². The molecule has 1 aliphatic rings. The van der Waals surface area contributed by atoms with Gasteiger partial charge in [0.25, 0.3) is 0 Å². The highest BCUT2D eigenvalue weighted by Crippen LogP contribution is 2.26. The van der Waals surface area contributed by atoms with Crippen molar-refractivity contribution in [3.8, 4) is 5.75 Å². The van der Waals surface area contributed by atoms with Crippen molar-refractivity contribution in [2.24, 2.45) is 5.10 Å². The first-order valence-electron chi connectivity index (χ1n) is 7.56. The summed E-state index contributed by atoms with van der Waals surface area (Å²) in [5, 5.41) is 17.0. The highest BCUT2D eigenvalue weighted by molar-refractivity contribution is 6.35. The van der Waals surface area contributed by atoms with Crippen LogP contribution >= 0.6 is 0 Å². The number of amides is 2. The second-order valence-corrected chi connectivity index (χ2v) is 5.23. The van der Waals surface area contributed by atoms with E-state index in [0.29, 0.717) is 12.2 Å². The standard InChI is InChI=1S/C15H18N4O6/c1-24-13-5-4-10(7-12(13)19(22)23)8-17-18-15(21)14(20)16-9-11-3-2-6-25-11/h4-5,7-8,11H,2-3,6,9H2,1H3,(H,16,20)(H,18,21).